The molecule has 0 bridgehead atoms. The van der Waals surface area contributed by atoms with E-state index in [2.05, 4.69) is 161 Å². The molecule has 0 fully saturated rings. The van der Waals surface area contributed by atoms with E-state index in [-0.39, 0.29) is 0 Å². The summed E-state index contributed by atoms with van der Waals surface area (Å²) in [5, 5.41) is 10.4. The number of allylic oxidation sites excluding steroid dienone is 5. The summed E-state index contributed by atoms with van der Waals surface area (Å²) in [6.45, 7) is 8.58. The number of hydrogen-bond donors (Lipinski definition) is 0. The average Bonchev–Trinajstić information content (AvgIpc) is 3.03. The van der Waals surface area contributed by atoms with E-state index in [1.54, 1.807) is 0 Å². The molecule has 0 spiro atoms. The largest absolute Gasteiger partial charge is 0.0877 e. The van der Waals surface area contributed by atoms with Crippen molar-refractivity contribution in [2.45, 2.75) is 27.7 Å². The van der Waals surface area contributed by atoms with E-state index in [1.165, 1.54) is 87.6 Å². The molecule has 0 saturated carbocycles. The van der Waals surface area contributed by atoms with Crippen LogP contribution in [0.3, 0.4) is 0 Å². The van der Waals surface area contributed by atoms with Gasteiger partial charge in [0, 0.05) is 0 Å². The standard InChI is InChI=1S/C42H34/c1-5-7-11-28(4)39-26-40(34-15-14-27(3)31(24-34)10-6-2)38-21-19-30-18-20-35(36-22-23-37(39)42(38)41(30)36)33-17-16-29-12-8-9-13-32(29)25-33/h5-26H,1-4H3/b7-5-,10-6-,28-11+. The molecule has 0 atom stereocenters. The van der Waals surface area contributed by atoms with E-state index in [1.807, 2.05) is 0 Å². The maximum atomic E-state index is 2.41. The summed E-state index contributed by atoms with van der Waals surface area (Å²) >= 11 is 0. The van der Waals surface area contributed by atoms with Crippen molar-refractivity contribution in [2.75, 3.05) is 0 Å². The Hall–Kier alpha value is -4.94. The van der Waals surface area contributed by atoms with Gasteiger partial charge in [-0.25, -0.2) is 0 Å². The van der Waals surface area contributed by atoms with E-state index in [0.717, 1.165) is 0 Å². The van der Waals surface area contributed by atoms with E-state index >= 15 is 0 Å². The molecule has 7 aromatic rings. The normalized spacial score (nSPS) is 12.7. The molecule has 0 heteroatoms. The lowest BCUT2D eigenvalue weighted by molar-refractivity contribution is 1.44. The van der Waals surface area contributed by atoms with Crippen molar-refractivity contribution in [3.63, 3.8) is 0 Å². The van der Waals surface area contributed by atoms with Crippen molar-refractivity contribution in [3.8, 4) is 22.3 Å². The van der Waals surface area contributed by atoms with Crippen LogP contribution < -0.4 is 0 Å². The number of benzene rings is 7. The molecule has 0 amide bonds. The molecular formula is C42H34. The highest BCUT2D eigenvalue weighted by molar-refractivity contribution is 6.29. The average molecular weight is 539 g/mol. The van der Waals surface area contributed by atoms with Crippen molar-refractivity contribution < 1.29 is 0 Å². The van der Waals surface area contributed by atoms with Crippen molar-refractivity contribution in [1.29, 1.82) is 0 Å². The molecule has 0 aliphatic carbocycles. The van der Waals surface area contributed by atoms with Crippen LogP contribution in [0.15, 0.2) is 127 Å². The summed E-state index contributed by atoms with van der Waals surface area (Å²) in [4.78, 5) is 0. The van der Waals surface area contributed by atoms with Gasteiger partial charge in [0.05, 0.1) is 0 Å². The molecule has 0 nitrogen and oxygen atoms in total. The minimum Gasteiger partial charge on any atom is -0.0877 e. The van der Waals surface area contributed by atoms with Gasteiger partial charge in [-0.15, -0.1) is 0 Å². The van der Waals surface area contributed by atoms with Gasteiger partial charge in [-0.3, -0.25) is 0 Å². The third-order valence-electron chi connectivity index (χ3n) is 8.74. The Morgan fingerprint density at radius 2 is 1.26 bits per heavy atom. The van der Waals surface area contributed by atoms with Crippen LogP contribution in [0.4, 0.5) is 0 Å². The van der Waals surface area contributed by atoms with Crippen LogP contribution in [0.2, 0.25) is 0 Å². The Balaban J connectivity index is 1.58. The third kappa shape index (κ3) is 4.23. The molecule has 0 radical (unpaired) electrons. The zero-order valence-electron chi connectivity index (χ0n) is 24.7. The van der Waals surface area contributed by atoms with Crippen LogP contribution in [0, 0.1) is 6.92 Å². The van der Waals surface area contributed by atoms with Crippen LogP contribution in [-0.2, 0) is 0 Å². The molecule has 0 saturated heterocycles. The topological polar surface area (TPSA) is 0 Å². The number of fused-ring (bicyclic) bond motifs is 1. The van der Waals surface area contributed by atoms with Gasteiger partial charge in [-0.1, -0.05) is 115 Å². The fourth-order valence-corrected chi connectivity index (χ4v) is 6.57. The Morgan fingerprint density at radius 1 is 0.571 bits per heavy atom. The number of aryl methyl sites for hydroxylation is 1. The maximum Gasteiger partial charge on any atom is -0.00142 e. The first kappa shape index (κ1) is 26.0. The van der Waals surface area contributed by atoms with Gasteiger partial charge in [0.25, 0.3) is 0 Å². The van der Waals surface area contributed by atoms with E-state index in [0.29, 0.717) is 0 Å². The van der Waals surface area contributed by atoms with Crippen LogP contribution >= 0.6 is 0 Å². The van der Waals surface area contributed by atoms with Crippen LogP contribution in [0.1, 0.15) is 37.5 Å². The summed E-state index contributed by atoms with van der Waals surface area (Å²) < 4.78 is 0. The van der Waals surface area contributed by atoms with Gasteiger partial charge in [-0.05, 0) is 134 Å². The summed E-state index contributed by atoms with van der Waals surface area (Å²) in [6, 6.07) is 38.7. The summed E-state index contributed by atoms with van der Waals surface area (Å²) in [7, 11) is 0. The molecule has 0 unspecified atom stereocenters. The van der Waals surface area contributed by atoms with Crippen molar-refractivity contribution in [2.24, 2.45) is 0 Å². The van der Waals surface area contributed by atoms with Gasteiger partial charge >= 0.3 is 0 Å². The minimum absolute atomic E-state index is 1.25. The molecule has 0 aliphatic heterocycles. The molecule has 0 aromatic heterocycles. The van der Waals surface area contributed by atoms with Crippen LogP contribution in [0.25, 0.3) is 77.0 Å². The lowest BCUT2D eigenvalue weighted by Crippen LogP contribution is -1.94. The van der Waals surface area contributed by atoms with Crippen LogP contribution in [0.5, 0.6) is 0 Å². The Bertz CT molecular complexity index is 2220. The van der Waals surface area contributed by atoms with Crippen LogP contribution in [-0.4, -0.2) is 0 Å². The lowest BCUT2D eigenvalue weighted by atomic mass is 9.83. The maximum absolute atomic E-state index is 2.41. The number of hydrogen-bond acceptors (Lipinski definition) is 0. The molecule has 7 rings (SSSR count). The van der Waals surface area contributed by atoms with E-state index < -0.39 is 0 Å². The zero-order chi connectivity index (χ0) is 28.8. The third-order valence-corrected chi connectivity index (χ3v) is 8.74. The molecule has 202 valence electrons. The molecule has 0 N–H and O–H groups in total. The zero-order valence-corrected chi connectivity index (χ0v) is 24.7. The molecular weight excluding hydrogens is 504 g/mol. The first-order valence-corrected chi connectivity index (χ1v) is 14.8. The second-order valence-corrected chi connectivity index (χ2v) is 11.3. The van der Waals surface area contributed by atoms with Gasteiger partial charge in [0.1, 0.15) is 0 Å². The Morgan fingerprint density at radius 3 is 2.10 bits per heavy atom. The smallest absolute Gasteiger partial charge is 0.00142 e. The quantitative estimate of drug-likeness (QED) is 0.151. The Labute approximate surface area is 248 Å². The highest BCUT2D eigenvalue weighted by Crippen LogP contribution is 2.45. The number of rotatable bonds is 5. The van der Waals surface area contributed by atoms with Gasteiger partial charge < -0.3 is 0 Å². The first-order valence-electron chi connectivity index (χ1n) is 14.8. The monoisotopic (exact) mass is 538 g/mol. The predicted octanol–water partition coefficient (Wildman–Crippen LogP) is 12.4. The van der Waals surface area contributed by atoms with Crippen molar-refractivity contribution >= 4 is 54.7 Å². The molecule has 7 aromatic carbocycles. The fraction of sp³-hybridized carbons (Fsp3) is 0.0952. The highest BCUT2D eigenvalue weighted by Gasteiger charge is 2.18. The summed E-state index contributed by atoms with van der Waals surface area (Å²) in [5.74, 6) is 0. The second-order valence-electron chi connectivity index (χ2n) is 11.3. The predicted molar refractivity (Wildman–Crippen MR) is 186 cm³/mol. The summed E-state index contributed by atoms with van der Waals surface area (Å²) in [5.41, 5.74) is 10.2. The highest BCUT2D eigenvalue weighted by atomic mass is 14.2. The molecule has 0 aliphatic rings. The Kier molecular flexibility index (Phi) is 6.48. The summed E-state index contributed by atoms with van der Waals surface area (Å²) in [6.07, 6.45) is 10.8. The lowest BCUT2D eigenvalue weighted by Gasteiger charge is -2.20. The fourth-order valence-electron chi connectivity index (χ4n) is 6.57. The molecule has 42 heavy (non-hydrogen) atoms. The second kappa shape index (κ2) is 10.5. The van der Waals surface area contributed by atoms with Crippen molar-refractivity contribution in [3.05, 3.63) is 144 Å². The van der Waals surface area contributed by atoms with E-state index in [4.69, 9.17) is 0 Å². The molecule has 0 heterocycles. The van der Waals surface area contributed by atoms with Crippen molar-refractivity contribution in [1.82, 2.24) is 0 Å². The van der Waals surface area contributed by atoms with Gasteiger partial charge in [0.15, 0.2) is 0 Å². The minimum atomic E-state index is 1.25. The SMILES string of the molecule is C/C=C\C=C(/C)c1cc(-c2ccc(C)c(/C=C\C)c2)c2ccc3ccc(-c4ccc5ccccc5c4)c4ccc1c2c34. The van der Waals surface area contributed by atoms with Gasteiger partial charge in [-0.2, -0.15) is 0 Å². The van der Waals surface area contributed by atoms with E-state index in [9.17, 15) is 0 Å². The van der Waals surface area contributed by atoms with Gasteiger partial charge in [0.2, 0.25) is 0 Å². The first-order chi connectivity index (χ1) is 20.6.